The summed E-state index contributed by atoms with van der Waals surface area (Å²) in [4.78, 5) is 0.860. The number of rotatable bonds is 3. The third kappa shape index (κ3) is 3.14. The van der Waals surface area contributed by atoms with Crippen molar-refractivity contribution in [2.24, 2.45) is 0 Å². The first-order valence-corrected chi connectivity index (χ1v) is 6.16. The first-order chi connectivity index (χ1) is 8.15. The Labute approximate surface area is 104 Å². The molecule has 4 heteroatoms. The van der Waals surface area contributed by atoms with Gasteiger partial charge in [-0.3, -0.25) is 0 Å². The minimum absolute atomic E-state index is 0.179. The Morgan fingerprint density at radius 2 is 1.88 bits per heavy atom. The molecule has 0 unspecified atom stereocenters. The molecule has 0 heterocycles. The number of thioether (sulfide) groups is 1. The Morgan fingerprint density at radius 1 is 1.06 bits per heavy atom. The van der Waals surface area contributed by atoms with Gasteiger partial charge in [0.25, 0.3) is 0 Å². The van der Waals surface area contributed by atoms with Crippen LogP contribution in [-0.2, 0) is 5.75 Å². The maximum absolute atomic E-state index is 13.2. The van der Waals surface area contributed by atoms with Crippen molar-refractivity contribution in [2.75, 3.05) is 11.5 Å². The van der Waals surface area contributed by atoms with Crippen molar-refractivity contribution in [1.29, 1.82) is 0 Å². The average Bonchev–Trinajstić information content (AvgIpc) is 2.31. The van der Waals surface area contributed by atoms with E-state index < -0.39 is 0 Å². The number of anilines is 2. The van der Waals surface area contributed by atoms with Crippen LogP contribution in [0.15, 0.2) is 47.4 Å². The van der Waals surface area contributed by atoms with Crippen molar-refractivity contribution >= 4 is 23.1 Å². The lowest BCUT2D eigenvalue weighted by Crippen LogP contribution is -1.90. The van der Waals surface area contributed by atoms with Crippen molar-refractivity contribution in [3.63, 3.8) is 0 Å². The molecule has 0 bridgehead atoms. The van der Waals surface area contributed by atoms with Gasteiger partial charge < -0.3 is 11.5 Å². The molecule has 0 atom stereocenters. The van der Waals surface area contributed by atoms with Crippen LogP contribution >= 0.6 is 11.8 Å². The Hall–Kier alpha value is -1.68. The van der Waals surface area contributed by atoms with Crippen molar-refractivity contribution in [3.05, 3.63) is 53.8 Å². The zero-order valence-electron chi connectivity index (χ0n) is 9.19. The van der Waals surface area contributed by atoms with Crippen LogP contribution in [-0.4, -0.2) is 0 Å². The molecule has 0 spiro atoms. The van der Waals surface area contributed by atoms with Gasteiger partial charge in [-0.15, -0.1) is 11.8 Å². The molecule has 0 aliphatic carbocycles. The maximum Gasteiger partial charge on any atom is 0.147 e. The molecule has 0 radical (unpaired) electrons. The number of hydrogen-bond acceptors (Lipinski definition) is 3. The highest BCUT2D eigenvalue weighted by molar-refractivity contribution is 7.98. The summed E-state index contributed by atoms with van der Waals surface area (Å²) < 4.78 is 13.2. The Bertz CT molecular complexity index is 529. The fraction of sp³-hybridized carbons (Fsp3) is 0.0769. The van der Waals surface area contributed by atoms with E-state index >= 15 is 0 Å². The molecule has 0 saturated carbocycles. The second-order valence-corrected chi connectivity index (χ2v) is 4.77. The summed E-state index contributed by atoms with van der Waals surface area (Å²) >= 11 is 1.55. The van der Waals surface area contributed by atoms with Gasteiger partial charge in [-0.05, 0) is 35.9 Å². The smallest absolute Gasteiger partial charge is 0.147 e. The molecule has 4 N–H and O–H groups in total. The second-order valence-electron chi connectivity index (χ2n) is 3.72. The summed E-state index contributed by atoms with van der Waals surface area (Å²) in [6.45, 7) is 0. The van der Waals surface area contributed by atoms with E-state index in [1.54, 1.807) is 17.8 Å². The van der Waals surface area contributed by atoms with Gasteiger partial charge in [0.2, 0.25) is 0 Å². The predicted molar refractivity (Wildman–Crippen MR) is 71.2 cm³/mol. The van der Waals surface area contributed by atoms with E-state index in [0.717, 1.165) is 21.9 Å². The lowest BCUT2D eigenvalue weighted by molar-refractivity contribution is 0.629. The predicted octanol–water partition coefficient (Wildman–Crippen LogP) is 3.28. The molecule has 0 amide bonds. The van der Waals surface area contributed by atoms with E-state index in [2.05, 4.69) is 0 Å². The van der Waals surface area contributed by atoms with Gasteiger partial charge in [-0.2, -0.15) is 0 Å². The van der Waals surface area contributed by atoms with Gasteiger partial charge in [-0.1, -0.05) is 12.1 Å². The molecule has 0 aromatic heterocycles. The van der Waals surface area contributed by atoms with Gasteiger partial charge >= 0.3 is 0 Å². The van der Waals surface area contributed by atoms with Crippen LogP contribution in [0.25, 0.3) is 0 Å². The van der Waals surface area contributed by atoms with E-state index in [4.69, 9.17) is 11.5 Å². The standard InChI is InChI=1S/C13H13FN2S/c14-12-7-11(4-5-13(12)16)17-8-9-2-1-3-10(15)6-9/h1-7H,8,15-16H2. The maximum atomic E-state index is 13.2. The normalized spacial score (nSPS) is 10.4. The van der Waals surface area contributed by atoms with Crippen molar-refractivity contribution < 1.29 is 4.39 Å². The van der Waals surface area contributed by atoms with Crippen LogP contribution in [0.3, 0.4) is 0 Å². The summed E-state index contributed by atoms with van der Waals surface area (Å²) in [5.74, 6) is 0.386. The fourth-order valence-corrected chi connectivity index (χ4v) is 2.31. The van der Waals surface area contributed by atoms with Gasteiger partial charge in [-0.25, -0.2) is 4.39 Å². The van der Waals surface area contributed by atoms with E-state index in [9.17, 15) is 4.39 Å². The topological polar surface area (TPSA) is 52.0 Å². The molecule has 17 heavy (non-hydrogen) atoms. The van der Waals surface area contributed by atoms with E-state index in [1.807, 2.05) is 30.3 Å². The molecular weight excluding hydrogens is 235 g/mol. The van der Waals surface area contributed by atoms with E-state index in [0.29, 0.717) is 0 Å². The van der Waals surface area contributed by atoms with Gasteiger partial charge in [0, 0.05) is 16.3 Å². The third-order valence-corrected chi connectivity index (χ3v) is 3.39. The Balaban J connectivity index is 2.05. The summed E-state index contributed by atoms with van der Waals surface area (Å²) in [6.07, 6.45) is 0. The quantitative estimate of drug-likeness (QED) is 0.647. The number of nitrogen functional groups attached to an aromatic ring is 2. The average molecular weight is 248 g/mol. The molecule has 2 aromatic rings. The third-order valence-electron chi connectivity index (χ3n) is 2.33. The number of hydrogen-bond donors (Lipinski definition) is 2. The van der Waals surface area contributed by atoms with Crippen molar-refractivity contribution in [2.45, 2.75) is 10.6 Å². The van der Waals surface area contributed by atoms with Crippen molar-refractivity contribution in [1.82, 2.24) is 0 Å². The molecular formula is C13H13FN2S. The lowest BCUT2D eigenvalue weighted by atomic mass is 10.2. The summed E-state index contributed by atoms with van der Waals surface area (Å²) in [5.41, 5.74) is 13.1. The molecule has 0 saturated heterocycles. The number of halogens is 1. The molecule has 0 aliphatic rings. The van der Waals surface area contributed by atoms with Crippen LogP contribution in [0.5, 0.6) is 0 Å². The fourth-order valence-electron chi connectivity index (χ4n) is 1.45. The largest absolute Gasteiger partial charge is 0.399 e. The van der Waals surface area contributed by atoms with Crippen LogP contribution in [0.4, 0.5) is 15.8 Å². The first kappa shape index (κ1) is 11.8. The monoisotopic (exact) mass is 248 g/mol. The van der Waals surface area contributed by atoms with Crippen molar-refractivity contribution in [3.8, 4) is 0 Å². The summed E-state index contributed by atoms with van der Waals surface area (Å²) in [7, 11) is 0. The molecule has 2 rings (SSSR count). The molecule has 2 aromatic carbocycles. The van der Waals surface area contributed by atoms with Gasteiger partial charge in [0.1, 0.15) is 5.82 Å². The Morgan fingerprint density at radius 3 is 2.59 bits per heavy atom. The highest BCUT2D eigenvalue weighted by Gasteiger charge is 2.01. The minimum atomic E-state index is -0.373. The van der Waals surface area contributed by atoms with Crippen LogP contribution < -0.4 is 11.5 Å². The van der Waals surface area contributed by atoms with Gasteiger partial charge in [0.05, 0.1) is 5.69 Å². The first-order valence-electron chi connectivity index (χ1n) is 5.17. The SMILES string of the molecule is Nc1cccc(CSc2ccc(N)c(F)c2)c1. The highest BCUT2D eigenvalue weighted by atomic mass is 32.2. The zero-order valence-corrected chi connectivity index (χ0v) is 10.0. The number of benzene rings is 2. The molecule has 0 aliphatic heterocycles. The minimum Gasteiger partial charge on any atom is -0.399 e. The van der Waals surface area contributed by atoms with Crippen LogP contribution in [0.2, 0.25) is 0 Å². The van der Waals surface area contributed by atoms with E-state index in [1.165, 1.54) is 6.07 Å². The van der Waals surface area contributed by atoms with Crippen LogP contribution in [0.1, 0.15) is 5.56 Å². The van der Waals surface area contributed by atoms with Gasteiger partial charge in [0.15, 0.2) is 0 Å². The molecule has 88 valence electrons. The zero-order chi connectivity index (χ0) is 12.3. The van der Waals surface area contributed by atoms with Crippen LogP contribution in [0, 0.1) is 5.82 Å². The van der Waals surface area contributed by atoms with E-state index in [-0.39, 0.29) is 11.5 Å². The molecule has 0 fully saturated rings. The second kappa shape index (κ2) is 5.10. The molecule has 2 nitrogen and oxygen atoms in total. The Kier molecular flexibility index (Phi) is 3.54. The summed E-state index contributed by atoms with van der Waals surface area (Å²) in [6, 6.07) is 12.5. The number of nitrogens with two attached hydrogens (primary N) is 2. The highest BCUT2D eigenvalue weighted by Crippen LogP contribution is 2.25. The summed E-state index contributed by atoms with van der Waals surface area (Å²) in [5, 5.41) is 0. The lowest BCUT2D eigenvalue weighted by Gasteiger charge is -2.04.